The zero-order valence-electron chi connectivity index (χ0n) is 16.3. The summed E-state index contributed by atoms with van der Waals surface area (Å²) in [5.41, 5.74) is 5.98. The van der Waals surface area contributed by atoms with E-state index in [1.165, 1.54) is 10.9 Å². The van der Waals surface area contributed by atoms with Crippen LogP contribution in [0.5, 0.6) is 0 Å². The first kappa shape index (κ1) is 23.0. The second-order valence-electron chi connectivity index (χ2n) is 6.56. The number of anilines is 1. The maximum absolute atomic E-state index is 12.2. The van der Waals surface area contributed by atoms with Crippen molar-refractivity contribution >= 4 is 24.9 Å². The SMILES string of the molecule is Nc1nc2c(ncn2CO[C@H](COP(=O)(O)NCc2ccccc2)C(O)CO)c(=O)[nH]1. The van der Waals surface area contributed by atoms with Crippen LogP contribution in [0.25, 0.3) is 11.2 Å². The molecule has 3 rings (SSSR count). The number of imidazole rings is 1. The Hall–Kier alpha value is -2.64. The van der Waals surface area contributed by atoms with Crippen LogP contribution in [0, 0.1) is 0 Å². The van der Waals surface area contributed by atoms with E-state index in [1.54, 1.807) is 24.3 Å². The monoisotopic (exact) mass is 454 g/mol. The third-order valence-electron chi connectivity index (χ3n) is 4.28. The molecule has 168 valence electrons. The molecule has 1 aromatic carbocycles. The highest BCUT2D eigenvalue weighted by Crippen LogP contribution is 2.37. The summed E-state index contributed by atoms with van der Waals surface area (Å²) in [5, 5.41) is 21.7. The quantitative estimate of drug-likeness (QED) is 0.200. The first-order chi connectivity index (χ1) is 14.8. The van der Waals surface area contributed by atoms with E-state index < -0.39 is 38.7 Å². The maximum atomic E-state index is 12.2. The third-order valence-corrected chi connectivity index (χ3v) is 5.33. The molecule has 0 aliphatic heterocycles. The summed E-state index contributed by atoms with van der Waals surface area (Å²) in [6.07, 6.45) is -1.28. The number of benzene rings is 1. The van der Waals surface area contributed by atoms with Crippen LogP contribution in [-0.2, 0) is 27.1 Å². The molecule has 13 nitrogen and oxygen atoms in total. The van der Waals surface area contributed by atoms with Crippen molar-refractivity contribution in [3.05, 3.63) is 52.6 Å². The van der Waals surface area contributed by atoms with Gasteiger partial charge in [0.25, 0.3) is 5.56 Å². The van der Waals surface area contributed by atoms with Gasteiger partial charge in [-0.2, -0.15) is 4.98 Å². The topological polar surface area (TPSA) is 198 Å². The van der Waals surface area contributed by atoms with E-state index in [4.69, 9.17) is 15.0 Å². The van der Waals surface area contributed by atoms with E-state index in [0.29, 0.717) is 0 Å². The standard InChI is InChI=1S/C17H23N6O7P/c18-17-21-15-14(16(26)22-17)19-9-23(15)10-29-13(12(25)7-24)8-30-31(27,28)20-6-11-4-2-1-3-5-11/h1-5,9,12-13,24-25H,6-8,10H2,(H2,20,27,28)(H3,18,21,22,26)/t12?,13-/m1/s1. The molecule has 0 amide bonds. The minimum Gasteiger partial charge on any atom is -0.394 e. The van der Waals surface area contributed by atoms with Gasteiger partial charge in [-0.05, 0) is 5.56 Å². The molecule has 2 heterocycles. The van der Waals surface area contributed by atoms with Gasteiger partial charge in [0.1, 0.15) is 18.9 Å². The number of nitrogen functional groups attached to an aromatic ring is 1. The second-order valence-corrected chi connectivity index (χ2v) is 8.17. The van der Waals surface area contributed by atoms with Crippen LogP contribution in [0.4, 0.5) is 5.95 Å². The van der Waals surface area contributed by atoms with Crippen LogP contribution in [0.1, 0.15) is 5.56 Å². The van der Waals surface area contributed by atoms with Gasteiger partial charge in [0.2, 0.25) is 5.95 Å². The molecule has 0 saturated heterocycles. The summed E-state index contributed by atoms with van der Waals surface area (Å²) in [5.74, 6) is -0.111. The number of nitrogens with two attached hydrogens (primary N) is 1. The number of hydrogen-bond acceptors (Lipinski definition) is 9. The van der Waals surface area contributed by atoms with E-state index in [0.717, 1.165) is 5.56 Å². The van der Waals surface area contributed by atoms with Crippen LogP contribution in [-0.4, -0.2) is 60.0 Å². The Bertz CT molecular complexity index is 1110. The number of ether oxygens (including phenoxy) is 1. The molecule has 2 unspecified atom stereocenters. The lowest BCUT2D eigenvalue weighted by Gasteiger charge is -2.23. The average molecular weight is 454 g/mol. The molecule has 2 aromatic heterocycles. The van der Waals surface area contributed by atoms with Crippen LogP contribution in [0.15, 0.2) is 41.5 Å². The van der Waals surface area contributed by atoms with Crippen molar-refractivity contribution in [3.8, 4) is 0 Å². The average Bonchev–Trinajstić information content (AvgIpc) is 3.15. The molecule has 0 spiro atoms. The van der Waals surface area contributed by atoms with Crippen molar-refractivity contribution < 1.29 is 28.9 Å². The number of aromatic amines is 1. The first-order valence-electron chi connectivity index (χ1n) is 9.16. The summed E-state index contributed by atoms with van der Waals surface area (Å²) in [6, 6.07) is 8.95. The fourth-order valence-electron chi connectivity index (χ4n) is 2.64. The fourth-order valence-corrected chi connectivity index (χ4v) is 3.46. The van der Waals surface area contributed by atoms with Crippen LogP contribution in [0.3, 0.4) is 0 Å². The Labute approximate surface area is 176 Å². The van der Waals surface area contributed by atoms with Crippen LogP contribution >= 0.6 is 7.75 Å². The van der Waals surface area contributed by atoms with E-state index in [2.05, 4.69) is 20.0 Å². The largest absolute Gasteiger partial charge is 0.403 e. The molecule has 14 heteroatoms. The van der Waals surface area contributed by atoms with Gasteiger partial charge in [-0.15, -0.1) is 0 Å². The smallest absolute Gasteiger partial charge is 0.394 e. The lowest BCUT2D eigenvalue weighted by molar-refractivity contribution is -0.0970. The number of aromatic nitrogens is 4. The zero-order valence-corrected chi connectivity index (χ0v) is 17.2. The predicted molar refractivity (Wildman–Crippen MR) is 110 cm³/mol. The Kier molecular flexibility index (Phi) is 7.51. The molecule has 31 heavy (non-hydrogen) atoms. The Morgan fingerprint density at radius 2 is 2.06 bits per heavy atom. The van der Waals surface area contributed by atoms with Gasteiger partial charge in [-0.3, -0.25) is 18.9 Å². The number of hydrogen-bond donors (Lipinski definition) is 6. The molecule has 0 aliphatic rings. The highest BCUT2D eigenvalue weighted by molar-refractivity contribution is 7.50. The Morgan fingerprint density at radius 1 is 1.32 bits per heavy atom. The molecular formula is C17H23N6O7P. The molecule has 3 atom stereocenters. The lowest BCUT2D eigenvalue weighted by Crippen LogP contribution is -2.36. The summed E-state index contributed by atoms with van der Waals surface area (Å²) in [6.45, 7) is -1.33. The highest BCUT2D eigenvalue weighted by atomic mass is 31.2. The number of nitrogens with zero attached hydrogens (tertiary/aromatic N) is 3. The highest BCUT2D eigenvalue weighted by Gasteiger charge is 2.26. The number of rotatable bonds is 11. The zero-order chi connectivity index (χ0) is 22.4. The second kappa shape index (κ2) is 10.1. The molecule has 0 aliphatic carbocycles. The lowest BCUT2D eigenvalue weighted by atomic mass is 10.2. The fraction of sp³-hybridized carbons (Fsp3) is 0.353. The van der Waals surface area contributed by atoms with Gasteiger partial charge < -0.3 is 25.6 Å². The third kappa shape index (κ3) is 6.18. The Morgan fingerprint density at radius 3 is 2.77 bits per heavy atom. The van der Waals surface area contributed by atoms with Crippen LogP contribution < -0.4 is 16.4 Å². The van der Waals surface area contributed by atoms with E-state index >= 15 is 0 Å². The minimum atomic E-state index is -4.21. The van der Waals surface area contributed by atoms with Crippen LogP contribution in [0.2, 0.25) is 0 Å². The Balaban J connectivity index is 1.62. The number of aliphatic hydroxyl groups is 2. The number of aliphatic hydroxyl groups excluding tert-OH is 2. The van der Waals surface area contributed by atoms with Gasteiger partial charge >= 0.3 is 7.75 Å². The molecular weight excluding hydrogens is 431 g/mol. The number of fused-ring (bicyclic) bond motifs is 1. The molecule has 0 saturated carbocycles. The van der Waals surface area contributed by atoms with Crippen molar-refractivity contribution in [2.75, 3.05) is 18.9 Å². The van der Waals surface area contributed by atoms with Gasteiger partial charge in [-0.25, -0.2) is 14.6 Å². The molecule has 0 fully saturated rings. The van der Waals surface area contributed by atoms with Crippen molar-refractivity contribution in [1.29, 1.82) is 0 Å². The van der Waals surface area contributed by atoms with Gasteiger partial charge in [0, 0.05) is 6.54 Å². The minimum absolute atomic E-state index is 0.0401. The van der Waals surface area contributed by atoms with Gasteiger partial charge in [0.05, 0.1) is 19.5 Å². The summed E-state index contributed by atoms with van der Waals surface area (Å²) >= 11 is 0. The summed E-state index contributed by atoms with van der Waals surface area (Å²) < 4.78 is 24.1. The number of nitrogens with one attached hydrogen (secondary N) is 2. The van der Waals surface area contributed by atoms with Crippen molar-refractivity contribution in [3.63, 3.8) is 0 Å². The molecule has 7 N–H and O–H groups in total. The summed E-state index contributed by atoms with van der Waals surface area (Å²) in [7, 11) is -4.21. The van der Waals surface area contributed by atoms with Gasteiger partial charge in [-0.1, -0.05) is 30.3 Å². The normalized spacial score (nSPS) is 15.6. The first-order valence-corrected chi connectivity index (χ1v) is 10.7. The molecule has 3 aromatic rings. The van der Waals surface area contributed by atoms with Crippen molar-refractivity contribution in [1.82, 2.24) is 24.6 Å². The maximum Gasteiger partial charge on any atom is 0.403 e. The van der Waals surface area contributed by atoms with Crippen molar-refractivity contribution in [2.24, 2.45) is 0 Å². The predicted octanol–water partition coefficient (Wildman–Crippen LogP) is -0.696. The summed E-state index contributed by atoms with van der Waals surface area (Å²) in [4.78, 5) is 32.0. The van der Waals surface area contributed by atoms with E-state index in [9.17, 15) is 24.5 Å². The molecule has 0 radical (unpaired) electrons. The van der Waals surface area contributed by atoms with E-state index in [1.807, 2.05) is 6.07 Å². The van der Waals surface area contributed by atoms with Crippen molar-refractivity contribution in [2.45, 2.75) is 25.5 Å². The molecule has 0 bridgehead atoms. The van der Waals surface area contributed by atoms with Gasteiger partial charge in [0.15, 0.2) is 11.2 Å². The van der Waals surface area contributed by atoms with E-state index in [-0.39, 0.29) is 30.4 Å². The number of H-pyrrole nitrogens is 1.